The predicted octanol–water partition coefficient (Wildman–Crippen LogP) is 3.49. The van der Waals surface area contributed by atoms with Gasteiger partial charge in [-0.15, -0.1) is 15.3 Å². The standard InChI is InChI=1S/C17H19N5S/c1-23-17(10-5-11-17)12-18-14-8-9-15-19-20-16(22(15)21-14)13-6-3-2-4-7-13/h2-4,6-9H,5,10-12H2,1H3,(H,18,21). The van der Waals surface area contributed by atoms with Gasteiger partial charge in [0.05, 0.1) is 0 Å². The van der Waals surface area contributed by atoms with Gasteiger partial charge in [-0.3, -0.25) is 0 Å². The second-order valence-corrected chi connectivity index (χ2v) is 7.25. The van der Waals surface area contributed by atoms with Crippen molar-refractivity contribution in [3.63, 3.8) is 0 Å². The number of aromatic nitrogens is 4. The number of hydrogen-bond donors (Lipinski definition) is 1. The molecule has 1 aliphatic rings. The predicted molar refractivity (Wildman–Crippen MR) is 94.8 cm³/mol. The fraction of sp³-hybridized carbons (Fsp3) is 0.353. The van der Waals surface area contributed by atoms with Gasteiger partial charge in [0, 0.05) is 16.9 Å². The van der Waals surface area contributed by atoms with Crippen molar-refractivity contribution in [3.8, 4) is 11.4 Å². The van der Waals surface area contributed by atoms with Crippen LogP contribution in [-0.4, -0.2) is 37.4 Å². The molecule has 0 spiro atoms. The first-order chi connectivity index (χ1) is 11.3. The van der Waals surface area contributed by atoms with E-state index in [-0.39, 0.29) is 0 Å². The first kappa shape index (κ1) is 14.5. The number of anilines is 1. The minimum absolute atomic E-state index is 0.381. The van der Waals surface area contributed by atoms with Gasteiger partial charge in [-0.05, 0) is 31.2 Å². The highest BCUT2D eigenvalue weighted by molar-refractivity contribution is 8.00. The summed E-state index contributed by atoms with van der Waals surface area (Å²) in [7, 11) is 0. The van der Waals surface area contributed by atoms with Gasteiger partial charge in [0.15, 0.2) is 11.5 Å². The SMILES string of the molecule is CSC1(CNc2ccc3nnc(-c4ccccc4)n3n2)CCC1. The van der Waals surface area contributed by atoms with Crippen LogP contribution in [0.15, 0.2) is 42.5 Å². The normalized spacial score (nSPS) is 16.2. The molecule has 0 radical (unpaired) electrons. The average Bonchev–Trinajstić information content (AvgIpc) is 2.98. The molecule has 0 atom stereocenters. The number of nitrogens with one attached hydrogen (secondary N) is 1. The van der Waals surface area contributed by atoms with Crippen LogP contribution in [0.25, 0.3) is 17.0 Å². The lowest BCUT2D eigenvalue weighted by molar-refractivity contribution is 0.379. The fourth-order valence-corrected chi connectivity index (χ4v) is 3.84. The summed E-state index contributed by atoms with van der Waals surface area (Å²) in [6.07, 6.45) is 6.10. The van der Waals surface area contributed by atoms with Crippen LogP contribution in [0.1, 0.15) is 19.3 Å². The lowest BCUT2D eigenvalue weighted by atomic mass is 9.84. The highest BCUT2D eigenvalue weighted by Gasteiger charge is 2.35. The van der Waals surface area contributed by atoms with Crippen LogP contribution >= 0.6 is 11.8 Å². The number of rotatable bonds is 5. The molecule has 0 unspecified atom stereocenters. The molecule has 0 saturated heterocycles. The molecule has 1 aromatic carbocycles. The number of nitrogens with zero attached hydrogens (tertiary/aromatic N) is 4. The molecular formula is C17H19N5S. The van der Waals surface area contributed by atoms with E-state index < -0.39 is 0 Å². The first-order valence-electron chi connectivity index (χ1n) is 7.87. The van der Waals surface area contributed by atoms with E-state index in [1.165, 1.54) is 19.3 Å². The lowest BCUT2D eigenvalue weighted by Crippen LogP contribution is -2.40. The minimum Gasteiger partial charge on any atom is -0.367 e. The molecule has 2 heterocycles. The number of fused-ring (bicyclic) bond motifs is 1. The Morgan fingerprint density at radius 3 is 2.65 bits per heavy atom. The molecule has 1 fully saturated rings. The van der Waals surface area contributed by atoms with Crippen LogP contribution in [0.3, 0.4) is 0 Å². The molecule has 0 aliphatic heterocycles. The van der Waals surface area contributed by atoms with Gasteiger partial charge in [0.1, 0.15) is 5.82 Å². The van der Waals surface area contributed by atoms with Gasteiger partial charge in [0.2, 0.25) is 0 Å². The van der Waals surface area contributed by atoms with E-state index in [1.54, 1.807) is 0 Å². The van der Waals surface area contributed by atoms with E-state index in [0.717, 1.165) is 29.4 Å². The number of benzene rings is 1. The fourth-order valence-electron chi connectivity index (χ4n) is 2.93. The van der Waals surface area contributed by atoms with Crippen LogP contribution < -0.4 is 5.32 Å². The zero-order chi connectivity index (χ0) is 15.7. The van der Waals surface area contributed by atoms with Gasteiger partial charge in [-0.2, -0.15) is 16.3 Å². The zero-order valence-corrected chi connectivity index (χ0v) is 13.9. The second kappa shape index (κ2) is 5.85. The molecule has 0 bridgehead atoms. The smallest absolute Gasteiger partial charge is 0.185 e. The summed E-state index contributed by atoms with van der Waals surface area (Å²) >= 11 is 1.96. The maximum Gasteiger partial charge on any atom is 0.185 e. The number of thioether (sulfide) groups is 1. The van der Waals surface area contributed by atoms with Crippen LogP contribution in [-0.2, 0) is 0 Å². The Labute approximate surface area is 139 Å². The molecule has 6 heteroatoms. The Kier molecular flexibility index (Phi) is 3.69. The maximum atomic E-state index is 4.68. The first-order valence-corrected chi connectivity index (χ1v) is 9.09. The molecular weight excluding hydrogens is 306 g/mol. The van der Waals surface area contributed by atoms with E-state index in [9.17, 15) is 0 Å². The summed E-state index contributed by atoms with van der Waals surface area (Å²) in [5.41, 5.74) is 1.78. The van der Waals surface area contributed by atoms with Crippen LogP contribution in [0.4, 0.5) is 5.82 Å². The molecule has 0 amide bonds. The Bertz CT molecular complexity index is 805. The second-order valence-electron chi connectivity index (χ2n) is 5.97. The monoisotopic (exact) mass is 325 g/mol. The van der Waals surface area contributed by atoms with Crippen molar-refractivity contribution in [2.75, 3.05) is 18.1 Å². The van der Waals surface area contributed by atoms with Crippen LogP contribution in [0.5, 0.6) is 0 Å². The zero-order valence-electron chi connectivity index (χ0n) is 13.1. The van der Waals surface area contributed by atoms with Gasteiger partial charge in [-0.25, -0.2) is 0 Å². The van der Waals surface area contributed by atoms with E-state index in [2.05, 4.69) is 26.9 Å². The highest BCUT2D eigenvalue weighted by Crippen LogP contribution is 2.42. The highest BCUT2D eigenvalue weighted by atomic mass is 32.2. The Hall–Kier alpha value is -2.08. The van der Waals surface area contributed by atoms with Gasteiger partial charge in [-0.1, -0.05) is 36.8 Å². The molecule has 4 rings (SSSR count). The van der Waals surface area contributed by atoms with E-state index in [0.29, 0.717) is 4.75 Å². The molecule has 1 aliphatic carbocycles. The summed E-state index contributed by atoms with van der Waals surface area (Å²) in [5, 5.41) is 16.7. The van der Waals surface area contributed by atoms with E-state index >= 15 is 0 Å². The molecule has 2 aromatic heterocycles. The van der Waals surface area contributed by atoms with Gasteiger partial charge < -0.3 is 5.32 Å². The lowest BCUT2D eigenvalue weighted by Gasteiger charge is -2.40. The Balaban J connectivity index is 1.62. The summed E-state index contributed by atoms with van der Waals surface area (Å²) in [6, 6.07) is 14.0. The minimum atomic E-state index is 0.381. The van der Waals surface area contributed by atoms with Gasteiger partial charge >= 0.3 is 0 Å². The third kappa shape index (κ3) is 2.67. The molecule has 3 aromatic rings. The Morgan fingerprint density at radius 1 is 1.13 bits per heavy atom. The molecule has 1 N–H and O–H groups in total. The maximum absolute atomic E-state index is 4.68. The van der Waals surface area contributed by atoms with Gasteiger partial charge in [0.25, 0.3) is 0 Å². The van der Waals surface area contributed by atoms with Crippen molar-refractivity contribution in [3.05, 3.63) is 42.5 Å². The summed E-state index contributed by atoms with van der Waals surface area (Å²) in [6.45, 7) is 0.954. The average molecular weight is 325 g/mol. The summed E-state index contributed by atoms with van der Waals surface area (Å²) in [5.74, 6) is 1.64. The largest absolute Gasteiger partial charge is 0.367 e. The van der Waals surface area contributed by atoms with Crippen molar-refractivity contribution in [2.24, 2.45) is 0 Å². The van der Waals surface area contributed by atoms with Crippen molar-refractivity contribution in [2.45, 2.75) is 24.0 Å². The van der Waals surface area contributed by atoms with Crippen LogP contribution in [0, 0.1) is 0 Å². The summed E-state index contributed by atoms with van der Waals surface area (Å²) < 4.78 is 2.19. The molecule has 1 saturated carbocycles. The van der Waals surface area contributed by atoms with E-state index in [4.69, 9.17) is 0 Å². The van der Waals surface area contributed by atoms with Crippen molar-refractivity contribution in [1.29, 1.82) is 0 Å². The van der Waals surface area contributed by atoms with Crippen LogP contribution in [0.2, 0.25) is 0 Å². The van der Waals surface area contributed by atoms with Crippen molar-refractivity contribution in [1.82, 2.24) is 19.8 Å². The van der Waals surface area contributed by atoms with Crippen molar-refractivity contribution >= 4 is 23.2 Å². The quantitative estimate of drug-likeness (QED) is 0.778. The molecule has 118 valence electrons. The molecule has 5 nitrogen and oxygen atoms in total. The summed E-state index contributed by atoms with van der Waals surface area (Å²) in [4.78, 5) is 0. The van der Waals surface area contributed by atoms with E-state index in [1.807, 2.05) is 58.7 Å². The Morgan fingerprint density at radius 2 is 1.96 bits per heavy atom. The third-order valence-corrected chi connectivity index (χ3v) is 6.00. The van der Waals surface area contributed by atoms with Crippen molar-refractivity contribution < 1.29 is 0 Å². The topological polar surface area (TPSA) is 55.1 Å². The third-order valence-electron chi connectivity index (χ3n) is 4.58. The molecule has 23 heavy (non-hydrogen) atoms. The number of hydrogen-bond acceptors (Lipinski definition) is 5.